The summed E-state index contributed by atoms with van der Waals surface area (Å²) in [6.07, 6.45) is 1.95. The third-order valence-electron chi connectivity index (χ3n) is 2.39. The Morgan fingerprint density at radius 2 is 2.11 bits per heavy atom. The molecule has 1 aromatic carbocycles. The Morgan fingerprint density at radius 3 is 2.72 bits per heavy atom. The zero-order valence-electron chi connectivity index (χ0n) is 9.76. The van der Waals surface area contributed by atoms with E-state index >= 15 is 0 Å². The van der Waals surface area contributed by atoms with Gasteiger partial charge < -0.3 is 5.11 Å². The van der Waals surface area contributed by atoms with Gasteiger partial charge in [0, 0.05) is 12.0 Å². The minimum absolute atomic E-state index is 0.0779. The molecule has 5 nitrogen and oxygen atoms in total. The molecule has 1 heterocycles. The van der Waals surface area contributed by atoms with E-state index < -0.39 is 0 Å². The summed E-state index contributed by atoms with van der Waals surface area (Å²) in [5.41, 5.74) is 1.68. The molecule has 0 atom stereocenters. The maximum absolute atomic E-state index is 11.3. The Balaban J connectivity index is 2.07. The molecule has 0 saturated carbocycles. The second kappa shape index (κ2) is 5.84. The van der Waals surface area contributed by atoms with Crippen LogP contribution < -0.4 is 5.69 Å². The molecule has 1 aromatic heterocycles. The highest BCUT2D eigenvalue weighted by molar-refractivity contribution is 5.36. The van der Waals surface area contributed by atoms with Gasteiger partial charge in [0.2, 0.25) is 0 Å². The number of aliphatic hydroxyl groups is 1. The molecule has 0 aliphatic carbocycles. The van der Waals surface area contributed by atoms with E-state index in [1.54, 1.807) is 0 Å². The van der Waals surface area contributed by atoms with Crippen LogP contribution in [-0.4, -0.2) is 26.5 Å². The standard InChI is InChI=1S/C13H13N3O2/c17-8-2-1-3-11-4-6-12(7-5-11)9-16-10-14-15-13(16)18/h4-7,10,17H,2,8-9H2,(H,15,18). The summed E-state index contributed by atoms with van der Waals surface area (Å²) in [6.45, 7) is 0.564. The minimum atomic E-state index is -0.221. The first kappa shape index (κ1) is 12.1. The van der Waals surface area contributed by atoms with Gasteiger partial charge in [-0.1, -0.05) is 24.0 Å². The quantitative estimate of drug-likeness (QED) is 0.764. The molecule has 2 aromatic rings. The molecular formula is C13H13N3O2. The van der Waals surface area contributed by atoms with Gasteiger partial charge in [0.05, 0.1) is 13.2 Å². The second-order valence-corrected chi connectivity index (χ2v) is 3.76. The van der Waals surface area contributed by atoms with Crippen molar-refractivity contribution in [2.75, 3.05) is 6.61 Å². The van der Waals surface area contributed by atoms with Crippen molar-refractivity contribution in [2.45, 2.75) is 13.0 Å². The molecule has 92 valence electrons. The van der Waals surface area contributed by atoms with Gasteiger partial charge in [-0.25, -0.2) is 9.89 Å². The fourth-order valence-corrected chi connectivity index (χ4v) is 1.49. The average molecular weight is 243 g/mol. The summed E-state index contributed by atoms with van der Waals surface area (Å²) >= 11 is 0. The van der Waals surface area contributed by atoms with Crippen molar-refractivity contribution in [1.29, 1.82) is 0 Å². The number of hydrogen-bond donors (Lipinski definition) is 2. The Labute approximate surface area is 104 Å². The van der Waals surface area contributed by atoms with Crippen LogP contribution in [-0.2, 0) is 6.54 Å². The van der Waals surface area contributed by atoms with Gasteiger partial charge in [0.1, 0.15) is 6.33 Å². The summed E-state index contributed by atoms with van der Waals surface area (Å²) < 4.78 is 1.49. The van der Waals surface area contributed by atoms with Crippen LogP contribution in [0.3, 0.4) is 0 Å². The number of aromatic nitrogens is 3. The Morgan fingerprint density at radius 1 is 1.33 bits per heavy atom. The van der Waals surface area contributed by atoms with Crippen LogP contribution in [0.15, 0.2) is 35.4 Å². The molecule has 2 N–H and O–H groups in total. The van der Waals surface area contributed by atoms with Gasteiger partial charge in [-0.3, -0.25) is 4.57 Å². The molecule has 0 amide bonds. The highest BCUT2D eigenvalue weighted by Gasteiger charge is 1.98. The summed E-state index contributed by atoms with van der Waals surface area (Å²) in [5, 5.41) is 14.6. The van der Waals surface area contributed by atoms with Crippen molar-refractivity contribution in [3.05, 3.63) is 52.2 Å². The molecule has 5 heteroatoms. The number of aliphatic hydroxyl groups excluding tert-OH is 1. The molecule has 0 aliphatic heterocycles. The minimum Gasteiger partial charge on any atom is -0.395 e. The van der Waals surface area contributed by atoms with Gasteiger partial charge in [-0.15, -0.1) is 0 Å². The Hall–Kier alpha value is -2.32. The lowest BCUT2D eigenvalue weighted by molar-refractivity contribution is 0.305. The monoisotopic (exact) mass is 243 g/mol. The van der Waals surface area contributed by atoms with Crippen molar-refractivity contribution >= 4 is 0 Å². The first-order valence-corrected chi connectivity index (χ1v) is 5.58. The third kappa shape index (κ3) is 3.09. The van der Waals surface area contributed by atoms with Crippen LogP contribution in [0.25, 0.3) is 0 Å². The van der Waals surface area contributed by atoms with Crippen LogP contribution in [0.2, 0.25) is 0 Å². The lowest BCUT2D eigenvalue weighted by atomic mass is 10.1. The summed E-state index contributed by atoms with van der Waals surface area (Å²) in [6, 6.07) is 7.63. The Kier molecular flexibility index (Phi) is 3.94. The van der Waals surface area contributed by atoms with Gasteiger partial charge in [0.15, 0.2) is 0 Å². The van der Waals surface area contributed by atoms with Crippen molar-refractivity contribution in [3.63, 3.8) is 0 Å². The summed E-state index contributed by atoms with van der Waals surface area (Å²) in [7, 11) is 0. The van der Waals surface area contributed by atoms with Crippen LogP contribution >= 0.6 is 0 Å². The highest BCUT2D eigenvalue weighted by Crippen LogP contribution is 2.04. The predicted molar refractivity (Wildman–Crippen MR) is 67.0 cm³/mol. The van der Waals surface area contributed by atoms with E-state index in [1.807, 2.05) is 24.3 Å². The van der Waals surface area contributed by atoms with Crippen molar-refractivity contribution in [1.82, 2.24) is 14.8 Å². The first-order valence-electron chi connectivity index (χ1n) is 5.58. The molecular weight excluding hydrogens is 230 g/mol. The van der Waals surface area contributed by atoms with Crippen molar-refractivity contribution in [2.24, 2.45) is 0 Å². The van der Waals surface area contributed by atoms with Crippen LogP contribution in [0.1, 0.15) is 17.5 Å². The van der Waals surface area contributed by atoms with E-state index in [0.29, 0.717) is 13.0 Å². The summed E-state index contributed by atoms with van der Waals surface area (Å²) in [5.74, 6) is 5.80. The number of nitrogens with one attached hydrogen (secondary N) is 1. The smallest absolute Gasteiger partial charge is 0.343 e. The van der Waals surface area contributed by atoms with Gasteiger partial charge in [-0.2, -0.15) is 5.10 Å². The van der Waals surface area contributed by atoms with Gasteiger partial charge >= 0.3 is 5.69 Å². The highest BCUT2D eigenvalue weighted by atomic mass is 16.2. The van der Waals surface area contributed by atoms with Crippen LogP contribution in [0, 0.1) is 11.8 Å². The van der Waals surface area contributed by atoms with Crippen molar-refractivity contribution in [3.8, 4) is 11.8 Å². The molecule has 0 unspecified atom stereocenters. The average Bonchev–Trinajstić information content (AvgIpc) is 2.78. The fraction of sp³-hybridized carbons (Fsp3) is 0.231. The topological polar surface area (TPSA) is 70.9 Å². The zero-order chi connectivity index (χ0) is 12.8. The maximum Gasteiger partial charge on any atom is 0.343 e. The zero-order valence-corrected chi connectivity index (χ0v) is 9.76. The number of aromatic amines is 1. The fourth-order valence-electron chi connectivity index (χ4n) is 1.49. The molecule has 18 heavy (non-hydrogen) atoms. The molecule has 0 radical (unpaired) electrons. The molecule has 0 spiro atoms. The molecule has 2 rings (SSSR count). The molecule has 0 saturated heterocycles. The van der Waals surface area contributed by atoms with E-state index in [2.05, 4.69) is 22.0 Å². The normalized spacial score (nSPS) is 9.83. The van der Waals surface area contributed by atoms with E-state index in [4.69, 9.17) is 5.11 Å². The Bertz CT molecular complexity index is 614. The van der Waals surface area contributed by atoms with Gasteiger partial charge in [-0.05, 0) is 17.7 Å². The number of hydrogen-bond acceptors (Lipinski definition) is 3. The summed E-state index contributed by atoms with van der Waals surface area (Å²) in [4.78, 5) is 11.3. The lowest BCUT2D eigenvalue weighted by Crippen LogP contribution is -2.16. The third-order valence-corrected chi connectivity index (χ3v) is 2.39. The predicted octanol–water partition coefficient (Wildman–Crippen LogP) is 0.354. The van der Waals surface area contributed by atoms with E-state index in [9.17, 15) is 4.79 Å². The number of H-pyrrole nitrogens is 1. The maximum atomic E-state index is 11.3. The van der Waals surface area contributed by atoms with E-state index in [1.165, 1.54) is 10.9 Å². The largest absolute Gasteiger partial charge is 0.395 e. The second-order valence-electron chi connectivity index (χ2n) is 3.76. The molecule has 0 fully saturated rings. The molecule has 0 aliphatic rings. The number of nitrogens with zero attached hydrogens (tertiary/aromatic N) is 2. The number of benzene rings is 1. The first-order chi connectivity index (χ1) is 8.79. The van der Waals surface area contributed by atoms with Crippen LogP contribution in [0.4, 0.5) is 0 Å². The van der Waals surface area contributed by atoms with Crippen molar-refractivity contribution < 1.29 is 5.11 Å². The van der Waals surface area contributed by atoms with E-state index in [-0.39, 0.29) is 12.3 Å². The number of rotatable bonds is 3. The SMILES string of the molecule is O=c1[nH]ncn1Cc1ccc(C#CCCO)cc1. The van der Waals surface area contributed by atoms with Crippen LogP contribution in [0.5, 0.6) is 0 Å². The lowest BCUT2D eigenvalue weighted by Gasteiger charge is -2.00. The van der Waals surface area contributed by atoms with E-state index in [0.717, 1.165) is 11.1 Å². The molecule has 0 bridgehead atoms. The van der Waals surface area contributed by atoms with Gasteiger partial charge in [0.25, 0.3) is 0 Å².